The fourth-order valence-electron chi connectivity index (χ4n) is 2.04. The van der Waals surface area contributed by atoms with Crippen molar-refractivity contribution in [3.05, 3.63) is 58.5 Å². The van der Waals surface area contributed by atoms with Gasteiger partial charge in [-0.3, -0.25) is 4.79 Å². The smallest absolute Gasteiger partial charge is 0.343 e. The zero-order chi connectivity index (χ0) is 15.2. The van der Waals surface area contributed by atoms with Crippen molar-refractivity contribution < 1.29 is 13.9 Å². The number of benzene rings is 1. The average Bonchev–Trinajstić information content (AvgIpc) is 2.50. The van der Waals surface area contributed by atoms with Crippen LogP contribution in [0.3, 0.4) is 0 Å². The Morgan fingerprint density at radius 3 is 2.57 bits per heavy atom. The summed E-state index contributed by atoms with van der Waals surface area (Å²) in [4.78, 5) is 24.3. The number of hydrogen-bond acceptors (Lipinski definition) is 3. The quantitative estimate of drug-likeness (QED) is 0.795. The Morgan fingerprint density at radius 1 is 1.24 bits per heavy atom. The zero-order valence-electron chi connectivity index (χ0n) is 11.7. The molecule has 5 heteroatoms. The van der Waals surface area contributed by atoms with E-state index in [2.05, 4.69) is 0 Å². The highest BCUT2D eigenvalue weighted by molar-refractivity contribution is 5.90. The van der Waals surface area contributed by atoms with E-state index < -0.39 is 18.1 Å². The Labute approximate surface area is 121 Å². The van der Waals surface area contributed by atoms with E-state index in [1.165, 1.54) is 10.8 Å². The van der Waals surface area contributed by atoms with Gasteiger partial charge in [-0.05, 0) is 12.5 Å². The van der Waals surface area contributed by atoms with Gasteiger partial charge in [-0.2, -0.15) is 0 Å². The number of esters is 1. The summed E-state index contributed by atoms with van der Waals surface area (Å²) in [6.45, 7) is 1.34. The summed E-state index contributed by atoms with van der Waals surface area (Å²) in [6, 6.07) is 8.96. The first-order valence-corrected chi connectivity index (χ1v) is 6.70. The molecule has 0 saturated heterocycles. The molecule has 0 N–H and O–H groups in total. The number of aromatic nitrogens is 1. The first-order valence-electron chi connectivity index (χ1n) is 6.70. The third kappa shape index (κ3) is 3.37. The van der Waals surface area contributed by atoms with Crippen LogP contribution in [0.15, 0.2) is 47.5 Å². The van der Waals surface area contributed by atoms with Crippen LogP contribution in [0.5, 0.6) is 0 Å². The van der Waals surface area contributed by atoms with Crippen LogP contribution in [0.4, 0.5) is 4.39 Å². The minimum absolute atomic E-state index is 0.0759. The van der Waals surface area contributed by atoms with Gasteiger partial charge >= 0.3 is 5.97 Å². The van der Waals surface area contributed by atoms with Crippen LogP contribution in [0.25, 0.3) is 11.1 Å². The maximum absolute atomic E-state index is 12.6. The van der Waals surface area contributed by atoms with Crippen LogP contribution >= 0.6 is 0 Å². The van der Waals surface area contributed by atoms with Gasteiger partial charge in [0.1, 0.15) is 12.2 Å². The van der Waals surface area contributed by atoms with E-state index in [9.17, 15) is 14.0 Å². The molecule has 21 heavy (non-hydrogen) atoms. The first kappa shape index (κ1) is 15.0. The van der Waals surface area contributed by atoms with Crippen molar-refractivity contribution in [2.24, 2.45) is 0 Å². The number of carbonyl (C=O) groups is 1. The van der Waals surface area contributed by atoms with Gasteiger partial charge in [0.05, 0.1) is 13.2 Å². The molecular weight excluding hydrogens is 273 g/mol. The average molecular weight is 289 g/mol. The topological polar surface area (TPSA) is 48.3 Å². The number of carbonyl (C=O) groups excluding carboxylic acids is 1. The van der Waals surface area contributed by atoms with Crippen molar-refractivity contribution in [2.75, 3.05) is 13.3 Å². The largest absolute Gasteiger partial charge is 0.462 e. The number of nitrogens with zero attached hydrogens (tertiary/aromatic N) is 1. The summed E-state index contributed by atoms with van der Waals surface area (Å²) < 4.78 is 19.0. The highest BCUT2D eigenvalue weighted by Crippen LogP contribution is 2.16. The number of rotatable bonds is 5. The Kier molecular flexibility index (Phi) is 4.87. The molecular formula is C16H16FNO3. The molecule has 0 radical (unpaired) electrons. The normalized spacial score (nSPS) is 10.4. The lowest BCUT2D eigenvalue weighted by Gasteiger charge is -2.10. The highest BCUT2D eigenvalue weighted by Gasteiger charge is 2.16. The van der Waals surface area contributed by atoms with Gasteiger partial charge in [-0.25, -0.2) is 9.18 Å². The number of ether oxygens (including phenoxy) is 1. The molecule has 0 spiro atoms. The fourth-order valence-corrected chi connectivity index (χ4v) is 2.04. The molecule has 2 rings (SSSR count). The van der Waals surface area contributed by atoms with E-state index in [1.54, 1.807) is 37.4 Å². The molecule has 0 aliphatic heterocycles. The van der Waals surface area contributed by atoms with E-state index in [4.69, 9.17) is 4.74 Å². The van der Waals surface area contributed by atoms with E-state index in [0.717, 1.165) is 0 Å². The monoisotopic (exact) mass is 289 g/mol. The second kappa shape index (κ2) is 6.83. The van der Waals surface area contributed by atoms with Crippen LogP contribution < -0.4 is 5.43 Å². The summed E-state index contributed by atoms with van der Waals surface area (Å²) in [5, 5.41) is 0. The molecule has 1 aromatic carbocycles. The zero-order valence-corrected chi connectivity index (χ0v) is 11.7. The second-order valence-electron chi connectivity index (χ2n) is 4.43. The van der Waals surface area contributed by atoms with Crippen molar-refractivity contribution in [1.29, 1.82) is 0 Å². The van der Waals surface area contributed by atoms with Crippen molar-refractivity contribution in [1.82, 2.24) is 4.57 Å². The summed E-state index contributed by atoms with van der Waals surface area (Å²) in [7, 11) is 0. The lowest BCUT2D eigenvalue weighted by molar-refractivity contribution is 0.0524. The fraction of sp³-hybridized carbons (Fsp3) is 0.250. The molecule has 0 amide bonds. The van der Waals surface area contributed by atoms with Crippen molar-refractivity contribution in [3.8, 4) is 11.1 Å². The van der Waals surface area contributed by atoms with Crippen LogP contribution in [-0.4, -0.2) is 23.8 Å². The first-order chi connectivity index (χ1) is 10.2. The molecule has 0 bridgehead atoms. The molecule has 1 heterocycles. The van der Waals surface area contributed by atoms with E-state index in [0.29, 0.717) is 11.1 Å². The molecule has 4 nitrogen and oxygen atoms in total. The predicted molar refractivity (Wildman–Crippen MR) is 78.1 cm³/mol. The minimum Gasteiger partial charge on any atom is -0.462 e. The minimum atomic E-state index is -0.687. The summed E-state index contributed by atoms with van der Waals surface area (Å²) in [5.41, 5.74) is 0.553. The Morgan fingerprint density at radius 2 is 1.95 bits per heavy atom. The Hall–Kier alpha value is -2.43. The van der Waals surface area contributed by atoms with E-state index in [1.807, 2.05) is 6.07 Å². The molecule has 2 aromatic rings. The number of hydrogen-bond donors (Lipinski definition) is 0. The molecule has 0 aliphatic carbocycles. The third-order valence-corrected chi connectivity index (χ3v) is 3.00. The molecule has 110 valence electrons. The number of aryl methyl sites for hydroxylation is 1. The lowest BCUT2D eigenvalue weighted by atomic mass is 10.1. The summed E-state index contributed by atoms with van der Waals surface area (Å²) in [5.74, 6) is -0.687. The number of halogens is 1. The Bertz CT molecular complexity index is 680. The van der Waals surface area contributed by atoms with Crippen LogP contribution in [0.1, 0.15) is 17.3 Å². The predicted octanol–water partition coefficient (Wildman–Crippen LogP) is 2.66. The second-order valence-corrected chi connectivity index (χ2v) is 4.43. The van der Waals surface area contributed by atoms with Crippen LogP contribution in [0.2, 0.25) is 0 Å². The number of alkyl halides is 1. The van der Waals surface area contributed by atoms with Crippen LogP contribution in [0, 0.1) is 0 Å². The van der Waals surface area contributed by atoms with Crippen molar-refractivity contribution >= 4 is 5.97 Å². The van der Waals surface area contributed by atoms with Gasteiger partial charge in [-0.1, -0.05) is 30.3 Å². The van der Waals surface area contributed by atoms with Gasteiger partial charge in [0.15, 0.2) is 0 Å². The van der Waals surface area contributed by atoms with Gasteiger partial charge in [0, 0.05) is 18.0 Å². The third-order valence-electron chi connectivity index (χ3n) is 3.00. The highest BCUT2D eigenvalue weighted by atomic mass is 19.1. The molecule has 0 saturated carbocycles. The van der Waals surface area contributed by atoms with Crippen LogP contribution in [-0.2, 0) is 11.3 Å². The standard InChI is InChI=1S/C16H16FNO3/c1-2-21-16(20)14-11-18(9-8-17)10-13(15(14)19)12-6-4-3-5-7-12/h3-7,10-11H,2,8-9H2,1H3. The lowest BCUT2D eigenvalue weighted by Crippen LogP contribution is -2.22. The Balaban J connectivity index is 2.59. The van der Waals surface area contributed by atoms with Gasteiger partial charge < -0.3 is 9.30 Å². The number of pyridine rings is 1. The molecule has 0 aliphatic rings. The molecule has 0 fully saturated rings. The SMILES string of the molecule is CCOC(=O)c1cn(CCF)cc(-c2ccccc2)c1=O. The maximum atomic E-state index is 12.6. The summed E-state index contributed by atoms with van der Waals surface area (Å²) in [6.07, 6.45) is 2.90. The maximum Gasteiger partial charge on any atom is 0.343 e. The van der Waals surface area contributed by atoms with Gasteiger partial charge in [-0.15, -0.1) is 0 Å². The van der Waals surface area contributed by atoms with E-state index in [-0.39, 0.29) is 18.7 Å². The summed E-state index contributed by atoms with van der Waals surface area (Å²) >= 11 is 0. The molecule has 0 atom stereocenters. The van der Waals surface area contributed by atoms with E-state index >= 15 is 0 Å². The molecule has 1 aromatic heterocycles. The van der Waals surface area contributed by atoms with Gasteiger partial charge in [0.2, 0.25) is 5.43 Å². The van der Waals surface area contributed by atoms with Crippen molar-refractivity contribution in [3.63, 3.8) is 0 Å². The van der Waals surface area contributed by atoms with Crippen molar-refractivity contribution in [2.45, 2.75) is 13.5 Å². The molecule has 0 unspecified atom stereocenters. The van der Waals surface area contributed by atoms with Gasteiger partial charge in [0.25, 0.3) is 0 Å².